The van der Waals surface area contributed by atoms with Gasteiger partial charge in [-0.25, -0.2) is 4.79 Å². The highest BCUT2D eigenvalue weighted by molar-refractivity contribution is 5.93. The number of methoxy groups -OCH3 is 1. The average Bonchev–Trinajstić information content (AvgIpc) is 3.33. The molecule has 34 heavy (non-hydrogen) atoms. The number of rotatable bonds is 7. The van der Waals surface area contributed by atoms with E-state index in [-0.39, 0.29) is 19.2 Å². The van der Waals surface area contributed by atoms with Crippen molar-refractivity contribution in [3.05, 3.63) is 82.8 Å². The van der Waals surface area contributed by atoms with Gasteiger partial charge in [-0.3, -0.25) is 9.36 Å². The third-order valence-electron chi connectivity index (χ3n) is 5.44. The number of amides is 1. The van der Waals surface area contributed by atoms with Crippen molar-refractivity contribution in [2.75, 3.05) is 24.5 Å². The largest absolute Gasteiger partial charge is 0.497 e. The van der Waals surface area contributed by atoms with Gasteiger partial charge in [-0.1, -0.05) is 24.3 Å². The molecule has 0 saturated heterocycles. The molecule has 2 N–H and O–H groups in total. The van der Waals surface area contributed by atoms with Crippen molar-refractivity contribution in [2.24, 2.45) is 0 Å². The van der Waals surface area contributed by atoms with E-state index in [0.29, 0.717) is 40.8 Å². The van der Waals surface area contributed by atoms with Crippen LogP contribution in [0, 0.1) is 0 Å². The van der Waals surface area contributed by atoms with Crippen LogP contribution in [0.15, 0.2) is 71.5 Å². The Bertz CT molecular complexity index is 1430. The number of hydrogen-bond donors (Lipinski definition) is 2. The maximum absolute atomic E-state index is 12.9. The van der Waals surface area contributed by atoms with Crippen LogP contribution in [-0.2, 0) is 17.9 Å². The predicted molar refractivity (Wildman–Crippen MR) is 128 cm³/mol. The van der Waals surface area contributed by atoms with Gasteiger partial charge in [0.1, 0.15) is 18.1 Å². The lowest BCUT2D eigenvalue weighted by atomic mass is 10.2. The van der Waals surface area contributed by atoms with E-state index in [2.05, 4.69) is 15.6 Å². The Morgan fingerprint density at radius 3 is 2.79 bits per heavy atom. The number of anilines is 2. The van der Waals surface area contributed by atoms with Crippen LogP contribution < -0.4 is 30.5 Å². The summed E-state index contributed by atoms with van der Waals surface area (Å²) < 4.78 is 17.3. The number of ether oxygens (including phenoxy) is 3. The third-order valence-corrected chi connectivity index (χ3v) is 5.44. The molecule has 5 rings (SSSR count). The van der Waals surface area contributed by atoms with Gasteiger partial charge in [0.05, 0.1) is 12.6 Å². The minimum absolute atomic E-state index is 0.175. The maximum Gasteiger partial charge on any atom is 0.350 e. The number of carbonyl (C=O) groups is 1. The molecular weight excluding hydrogens is 436 g/mol. The Balaban J connectivity index is 1.37. The Morgan fingerprint density at radius 2 is 1.91 bits per heavy atom. The second kappa shape index (κ2) is 9.14. The highest BCUT2D eigenvalue weighted by Gasteiger charge is 2.15. The van der Waals surface area contributed by atoms with E-state index in [1.165, 1.54) is 4.57 Å². The van der Waals surface area contributed by atoms with Crippen molar-refractivity contribution in [3.63, 3.8) is 0 Å². The van der Waals surface area contributed by atoms with Crippen molar-refractivity contribution < 1.29 is 19.0 Å². The number of para-hydroxylation sites is 1. The summed E-state index contributed by atoms with van der Waals surface area (Å²) in [5, 5.41) is 6.76. The van der Waals surface area contributed by atoms with Crippen LogP contribution in [0.5, 0.6) is 17.2 Å². The number of carbonyl (C=O) groups excluding carboxylic acids is 1. The summed E-state index contributed by atoms with van der Waals surface area (Å²) in [5.74, 6) is 2.13. The molecule has 0 aliphatic carbocycles. The van der Waals surface area contributed by atoms with Gasteiger partial charge in [0.25, 0.3) is 0 Å². The molecule has 0 spiro atoms. The molecule has 1 amide bonds. The summed E-state index contributed by atoms with van der Waals surface area (Å²) in [4.78, 5) is 29.8. The first kappa shape index (κ1) is 21.3. The first-order chi connectivity index (χ1) is 16.6. The molecule has 0 radical (unpaired) electrons. The molecule has 0 unspecified atom stereocenters. The van der Waals surface area contributed by atoms with Gasteiger partial charge in [-0.15, -0.1) is 0 Å². The molecule has 0 saturated carbocycles. The molecule has 9 heteroatoms. The lowest BCUT2D eigenvalue weighted by Crippen LogP contribution is -2.30. The number of benzene rings is 3. The summed E-state index contributed by atoms with van der Waals surface area (Å²) in [7, 11) is 1.56. The Hall–Kier alpha value is -4.53. The molecular formula is C25H22N4O5. The molecule has 172 valence electrons. The van der Waals surface area contributed by atoms with Gasteiger partial charge in [-0.05, 0) is 42.0 Å². The molecule has 1 aromatic heterocycles. The normalized spacial score (nSPS) is 11.9. The van der Waals surface area contributed by atoms with Crippen molar-refractivity contribution in [3.8, 4) is 17.2 Å². The van der Waals surface area contributed by atoms with E-state index in [1.807, 2.05) is 36.4 Å². The highest BCUT2D eigenvalue weighted by Crippen LogP contribution is 2.32. The van der Waals surface area contributed by atoms with Gasteiger partial charge in [-0.2, -0.15) is 4.98 Å². The van der Waals surface area contributed by atoms with Crippen LogP contribution in [0.1, 0.15) is 5.56 Å². The molecule has 2 heterocycles. The maximum atomic E-state index is 12.9. The Morgan fingerprint density at radius 1 is 1.06 bits per heavy atom. The fourth-order valence-electron chi connectivity index (χ4n) is 3.80. The average molecular weight is 458 g/mol. The molecule has 9 nitrogen and oxygen atoms in total. The zero-order chi connectivity index (χ0) is 23.5. The van der Waals surface area contributed by atoms with Gasteiger partial charge in [0, 0.05) is 23.7 Å². The SMILES string of the molecule is COc1cccc(NC(=O)Cn2c(=O)nc(NCc3ccc4c(c3)OCO4)c3ccccc32)c1. The first-order valence-corrected chi connectivity index (χ1v) is 10.7. The number of fused-ring (bicyclic) bond motifs is 2. The topological polar surface area (TPSA) is 104 Å². The summed E-state index contributed by atoms with van der Waals surface area (Å²) in [6.07, 6.45) is 0. The molecule has 0 fully saturated rings. The lowest BCUT2D eigenvalue weighted by Gasteiger charge is -2.14. The molecule has 4 aromatic rings. The van der Waals surface area contributed by atoms with Crippen LogP contribution in [0.25, 0.3) is 10.9 Å². The van der Waals surface area contributed by atoms with Gasteiger partial charge in [0.2, 0.25) is 12.7 Å². The number of hydrogen-bond acceptors (Lipinski definition) is 7. The molecule has 1 aliphatic heterocycles. The van der Waals surface area contributed by atoms with Crippen molar-refractivity contribution >= 4 is 28.3 Å². The van der Waals surface area contributed by atoms with E-state index in [0.717, 1.165) is 10.9 Å². The van der Waals surface area contributed by atoms with Crippen LogP contribution in [0.3, 0.4) is 0 Å². The molecule has 0 atom stereocenters. The monoisotopic (exact) mass is 458 g/mol. The van der Waals surface area contributed by atoms with Crippen molar-refractivity contribution in [2.45, 2.75) is 13.1 Å². The van der Waals surface area contributed by atoms with Crippen LogP contribution in [0.2, 0.25) is 0 Å². The number of nitrogens with zero attached hydrogens (tertiary/aromatic N) is 2. The van der Waals surface area contributed by atoms with Crippen molar-refractivity contribution in [1.29, 1.82) is 0 Å². The number of nitrogens with one attached hydrogen (secondary N) is 2. The fourth-order valence-corrected chi connectivity index (χ4v) is 3.80. The van der Waals surface area contributed by atoms with Gasteiger partial charge in [0.15, 0.2) is 11.5 Å². The first-order valence-electron chi connectivity index (χ1n) is 10.7. The Labute approximate surface area is 194 Å². The van der Waals surface area contributed by atoms with Crippen LogP contribution in [0.4, 0.5) is 11.5 Å². The smallest absolute Gasteiger partial charge is 0.350 e. The predicted octanol–water partition coefficient (Wildman–Crippen LogP) is 3.38. The second-order valence-corrected chi connectivity index (χ2v) is 7.67. The molecule has 0 bridgehead atoms. The van der Waals surface area contributed by atoms with E-state index < -0.39 is 5.69 Å². The van der Waals surface area contributed by atoms with Crippen LogP contribution >= 0.6 is 0 Å². The zero-order valence-corrected chi connectivity index (χ0v) is 18.4. The lowest BCUT2D eigenvalue weighted by molar-refractivity contribution is -0.116. The van der Waals surface area contributed by atoms with Crippen LogP contribution in [-0.4, -0.2) is 29.4 Å². The summed E-state index contributed by atoms with van der Waals surface area (Å²) >= 11 is 0. The van der Waals surface area contributed by atoms with E-state index in [1.54, 1.807) is 37.4 Å². The zero-order valence-electron chi connectivity index (χ0n) is 18.4. The Kier molecular flexibility index (Phi) is 5.73. The minimum Gasteiger partial charge on any atom is -0.497 e. The van der Waals surface area contributed by atoms with Gasteiger partial charge < -0.3 is 24.8 Å². The quantitative estimate of drug-likeness (QED) is 0.438. The van der Waals surface area contributed by atoms with E-state index >= 15 is 0 Å². The standard InChI is InChI=1S/C25H22N4O5/c1-32-18-6-4-5-17(12-18)27-23(30)14-29-20-8-3-2-7-19(20)24(28-25(29)31)26-13-16-9-10-21-22(11-16)34-15-33-21/h2-12H,13-15H2,1H3,(H,27,30)(H,26,28,31). The number of aromatic nitrogens is 2. The summed E-state index contributed by atoms with van der Waals surface area (Å²) in [6.45, 7) is 0.474. The second-order valence-electron chi connectivity index (χ2n) is 7.67. The highest BCUT2D eigenvalue weighted by atomic mass is 16.7. The minimum atomic E-state index is -0.521. The molecule has 1 aliphatic rings. The molecule has 3 aromatic carbocycles. The fraction of sp³-hybridized carbons (Fsp3) is 0.160. The summed E-state index contributed by atoms with van der Waals surface area (Å²) in [5.41, 5.74) is 1.62. The summed E-state index contributed by atoms with van der Waals surface area (Å²) in [6, 6.07) is 20.0. The van der Waals surface area contributed by atoms with Gasteiger partial charge >= 0.3 is 5.69 Å². The van der Waals surface area contributed by atoms with Crippen molar-refractivity contribution in [1.82, 2.24) is 9.55 Å². The third kappa shape index (κ3) is 4.36. The van der Waals surface area contributed by atoms with E-state index in [9.17, 15) is 9.59 Å². The van der Waals surface area contributed by atoms with E-state index in [4.69, 9.17) is 14.2 Å².